The Bertz CT molecular complexity index is 933. The van der Waals surface area contributed by atoms with Crippen LogP contribution < -0.4 is 10.6 Å². The standard InChI is InChI=1S/C16H23FN2.C11H14.C5H10.C2H6/c1-12(18)13-8-10-19(11-9-13)15-6-4-14(5-7-15)16(2,3)17;1-8(2)11-6-5-9(3)7-10(11)4;1-2-4-5-3-1;1-2/h4-7,13H,1,8-11,18H2,2-3H3;5-7H,1H2,2-4H3;1-5H2;1-2H3. The summed E-state index contributed by atoms with van der Waals surface area (Å²) in [6, 6.07) is 14.2. The predicted octanol–water partition coefficient (Wildman–Crippen LogP) is 9.89. The van der Waals surface area contributed by atoms with Crippen LogP contribution in [-0.2, 0) is 5.67 Å². The van der Waals surface area contributed by atoms with E-state index in [9.17, 15) is 4.39 Å². The highest BCUT2D eigenvalue weighted by Gasteiger charge is 2.22. The third-order valence-corrected chi connectivity index (χ3v) is 7.03. The van der Waals surface area contributed by atoms with E-state index in [1.807, 2.05) is 45.0 Å². The lowest BCUT2D eigenvalue weighted by molar-refractivity contribution is 0.221. The second-order valence-electron chi connectivity index (χ2n) is 10.7. The van der Waals surface area contributed by atoms with Gasteiger partial charge in [0, 0.05) is 30.4 Å². The van der Waals surface area contributed by atoms with Crippen LogP contribution in [-0.4, -0.2) is 13.1 Å². The van der Waals surface area contributed by atoms with Crippen molar-refractivity contribution in [3.63, 3.8) is 0 Å². The molecule has 4 rings (SSSR count). The topological polar surface area (TPSA) is 29.3 Å². The van der Waals surface area contributed by atoms with Gasteiger partial charge in [-0.1, -0.05) is 101 Å². The SMILES string of the molecule is C1CCCC1.C=C(C)c1ccc(C)cc1C.C=C(N)C1CCN(c2ccc(C(C)(C)F)cc2)CC1.CC. The molecule has 0 atom stereocenters. The first-order valence-electron chi connectivity index (χ1n) is 14.2. The molecule has 37 heavy (non-hydrogen) atoms. The normalized spacial score (nSPS) is 15.3. The summed E-state index contributed by atoms with van der Waals surface area (Å²) >= 11 is 0. The molecule has 1 saturated carbocycles. The van der Waals surface area contributed by atoms with Crippen molar-refractivity contribution in [3.05, 3.63) is 83.6 Å². The molecule has 1 heterocycles. The number of rotatable bonds is 4. The van der Waals surface area contributed by atoms with Gasteiger partial charge >= 0.3 is 0 Å². The number of allylic oxidation sites excluding steroid dienone is 2. The summed E-state index contributed by atoms with van der Waals surface area (Å²) in [5, 5.41) is 0. The maximum atomic E-state index is 13.8. The number of piperidine rings is 1. The smallest absolute Gasteiger partial charge is 0.130 e. The van der Waals surface area contributed by atoms with Crippen molar-refractivity contribution >= 4 is 11.3 Å². The second kappa shape index (κ2) is 16.3. The molecule has 1 aliphatic carbocycles. The fourth-order valence-electron chi connectivity index (χ4n) is 4.75. The highest BCUT2D eigenvalue weighted by Crippen LogP contribution is 2.29. The third-order valence-electron chi connectivity index (χ3n) is 7.03. The van der Waals surface area contributed by atoms with Crippen LogP contribution >= 0.6 is 0 Å². The summed E-state index contributed by atoms with van der Waals surface area (Å²) in [6.45, 7) is 23.2. The predicted molar refractivity (Wildman–Crippen MR) is 164 cm³/mol. The lowest BCUT2D eigenvalue weighted by Crippen LogP contribution is -2.35. The van der Waals surface area contributed by atoms with Gasteiger partial charge in [-0.3, -0.25) is 0 Å². The van der Waals surface area contributed by atoms with Crippen molar-refractivity contribution in [2.75, 3.05) is 18.0 Å². The molecule has 2 aromatic rings. The van der Waals surface area contributed by atoms with Crippen LogP contribution in [0.1, 0.15) is 102 Å². The van der Waals surface area contributed by atoms with Gasteiger partial charge in [0.25, 0.3) is 0 Å². The first-order chi connectivity index (χ1) is 17.5. The first-order valence-corrected chi connectivity index (χ1v) is 14.2. The van der Waals surface area contributed by atoms with E-state index in [-0.39, 0.29) is 0 Å². The number of alkyl halides is 1. The van der Waals surface area contributed by atoms with Crippen LogP contribution in [0.2, 0.25) is 0 Å². The van der Waals surface area contributed by atoms with E-state index in [4.69, 9.17) is 5.73 Å². The van der Waals surface area contributed by atoms with Crippen LogP contribution in [0.25, 0.3) is 5.57 Å². The van der Waals surface area contributed by atoms with E-state index < -0.39 is 5.67 Å². The molecule has 0 bridgehead atoms. The number of nitrogens with two attached hydrogens (primary N) is 1. The van der Waals surface area contributed by atoms with Crippen molar-refractivity contribution in [2.24, 2.45) is 11.7 Å². The number of hydrogen-bond donors (Lipinski definition) is 1. The first kappa shape index (κ1) is 32.5. The molecule has 2 nitrogen and oxygen atoms in total. The summed E-state index contributed by atoms with van der Waals surface area (Å²) in [6.07, 6.45) is 9.59. The summed E-state index contributed by atoms with van der Waals surface area (Å²) in [5.74, 6) is 0.445. The maximum Gasteiger partial charge on any atom is 0.130 e. The molecule has 0 radical (unpaired) electrons. The number of benzene rings is 2. The highest BCUT2D eigenvalue weighted by atomic mass is 19.1. The summed E-state index contributed by atoms with van der Waals surface area (Å²) < 4.78 is 13.8. The lowest BCUT2D eigenvalue weighted by Gasteiger charge is -2.33. The van der Waals surface area contributed by atoms with Gasteiger partial charge in [0.05, 0.1) is 0 Å². The molecule has 3 heteroatoms. The fraction of sp³-hybridized carbons (Fsp3) is 0.529. The molecule has 2 fully saturated rings. The van der Waals surface area contributed by atoms with Gasteiger partial charge in [-0.25, -0.2) is 4.39 Å². The molecule has 0 unspecified atom stereocenters. The van der Waals surface area contributed by atoms with E-state index in [2.05, 4.69) is 50.1 Å². The molecule has 0 spiro atoms. The molecular formula is C34H53FN2. The van der Waals surface area contributed by atoms with Crippen LogP contribution in [0.4, 0.5) is 10.1 Å². The Morgan fingerprint density at radius 1 is 0.892 bits per heavy atom. The Morgan fingerprint density at radius 2 is 1.38 bits per heavy atom. The molecule has 2 aliphatic rings. The Morgan fingerprint density at radius 3 is 1.76 bits per heavy atom. The van der Waals surface area contributed by atoms with E-state index in [0.717, 1.165) is 48.5 Å². The molecule has 1 aliphatic heterocycles. The lowest BCUT2D eigenvalue weighted by atomic mass is 9.93. The van der Waals surface area contributed by atoms with Crippen LogP contribution in [0, 0.1) is 19.8 Å². The largest absolute Gasteiger partial charge is 0.402 e. The Hall–Kier alpha value is -2.55. The van der Waals surface area contributed by atoms with Gasteiger partial charge in [0.2, 0.25) is 0 Å². The number of nitrogens with zero attached hydrogens (tertiary/aromatic N) is 1. The number of halogens is 1. The number of hydrogen-bond acceptors (Lipinski definition) is 2. The van der Waals surface area contributed by atoms with Gasteiger partial charge < -0.3 is 10.6 Å². The molecule has 1 saturated heterocycles. The average Bonchev–Trinajstić information content (AvgIpc) is 3.46. The summed E-state index contributed by atoms with van der Waals surface area (Å²) in [7, 11) is 0. The minimum absolute atomic E-state index is 0.445. The summed E-state index contributed by atoms with van der Waals surface area (Å²) in [5.41, 5.74) is 12.2. The van der Waals surface area contributed by atoms with Gasteiger partial charge in [-0.2, -0.15) is 0 Å². The minimum atomic E-state index is -1.27. The Labute approximate surface area is 227 Å². The van der Waals surface area contributed by atoms with Crippen molar-refractivity contribution in [1.82, 2.24) is 0 Å². The van der Waals surface area contributed by atoms with Crippen molar-refractivity contribution in [1.29, 1.82) is 0 Å². The zero-order valence-corrected chi connectivity index (χ0v) is 24.8. The molecule has 0 aromatic heterocycles. The highest BCUT2D eigenvalue weighted by molar-refractivity contribution is 5.64. The zero-order valence-electron chi connectivity index (χ0n) is 24.8. The van der Waals surface area contributed by atoms with Crippen molar-refractivity contribution in [2.45, 2.75) is 99.1 Å². The zero-order chi connectivity index (χ0) is 28.0. The van der Waals surface area contributed by atoms with Gasteiger partial charge in [-0.05, 0) is 76.3 Å². The average molecular weight is 509 g/mol. The number of anilines is 1. The van der Waals surface area contributed by atoms with E-state index in [0.29, 0.717) is 5.92 Å². The van der Waals surface area contributed by atoms with Crippen LogP contribution in [0.3, 0.4) is 0 Å². The Kier molecular flexibility index (Phi) is 14.3. The van der Waals surface area contributed by atoms with Crippen molar-refractivity contribution in [3.8, 4) is 0 Å². The second-order valence-corrected chi connectivity index (χ2v) is 10.7. The molecular weight excluding hydrogens is 455 g/mol. The van der Waals surface area contributed by atoms with Crippen LogP contribution in [0.15, 0.2) is 61.3 Å². The quantitative estimate of drug-likeness (QED) is 0.445. The van der Waals surface area contributed by atoms with E-state index >= 15 is 0 Å². The van der Waals surface area contributed by atoms with Crippen LogP contribution in [0.5, 0.6) is 0 Å². The maximum absolute atomic E-state index is 13.8. The molecule has 2 aromatic carbocycles. The third kappa shape index (κ3) is 11.6. The van der Waals surface area contributed by atoms with Crippen molar-refractivity contribution < 1.29 is 4.39 Å². The van der Waals surface area contributed by atoms with E-state index in [1.54, 1.807) is 13.8 Å². The van der Waals surface area contributed by atoms with Gasteiger partial charge in [0.15, 0.2) is 0 Å². The molecule has 0 amide bonds. The fourth-order valence-corrected chi connectivity index (χ4v) is 4.75. The van der Waals surface area contributed by atoms with Gasteiger partial charge in [0.1, 0.15) is 5.67 Å². The molecule has 206 valence electrons. The van der Waals surface area contributed by atoms with Gasteiger partial charge in [-0.15, -0.1) is 0 Å². The molecule has 2 N–H and O–H groups in total. The number of aryl methyl sites for hydroxylation is 2. The monoisotopic (exact) mass is 508 g/mol. The summed E-state index contributed by atoms with van der Waals surface area (Å²) in [4.78, 5) is 2.33. The van der Waals surface area contributed by atoms with E-state index in [1.165, 1.54) is 48.8 Å². The minimum Gasteiger partial charge on any atom is -0.402 e. The Balaban J connectivity index is 0.000000318.